The van der Waals surface area contributed by atoms with Gasteiger partial charge in [-0.15, -0.1) is 0 Å². The van der Waals surface area contributed by atoms with Crippen LogP contribution in [0.2, 0.25) is 0 Å². The molecule has 1 atom stereocenters. The molecule has 2 aromatic rings. The number of ether oxygens (including phenoxy) is 1. The third kappa shape index (κ3) is 3.49. The Balaban J connectivity index is 1.81. The average molecular weight is 245 g/mol. The van der Waals surface area contributed by atoms with Crippen LogP contribution in [0.3, 0.4) is 0 Å². The first-order chi connectivity index (χ1) is 8.75. The molecule has 1 heterocycles. The molecule has 0 N–H and O–H groups in total. The molecule has 1 aromatic carbocycles. The van der Waals surface area contributed by atoms with Gasteiger partial charge in [0.15, 0.2) is 5.78 Å². The maximum absolute atomic E-state index is 11.8. The minimum absolute atomic E-state index is 0.0172. The second-order valence-corrected chi connectivity index (χ2v) is 4.00. The third-order valence-electron chi connectivity index (χ3n) is 2.58. The molecule has 0 amide bonds. The molecule has 0 aliphatic rings. The Kier molecular flexibility index (Phi) is 4.20. The Morgan fingerprint density at radius 1 is 1.39 bits per heavy atom. The van der Waals surface area contributed by atoms with Gasteiger partial charge in [0.2, 0.25) is 0 Å². The molecule has 0 bridgehead atoms. The highest BCUT2D eigenvalue weighted by molar-refractivity contribution is 5.82. The number of Topliss-reactive ketones (excluding diaryl/α,β-unsaturated/α-hetero) is 1. The van der Waals surface area contributed by atoms with E-state index in [4.69, 9.17) is 4.74 Å². The fourth-order valence-corrected chi connectivity index (χ4v) is 1.49. The van der Waals surface area contributed by atoms with E-state index in [0.29, 0.717) is 6.61 Å². The molecule has 0 fully saturated rings. The quantitative estimate of drug-likeness (QED) is 0.773. The van der Waals surface area contributed by atoms with Gasteiger partial charge in [-0.2, -0.15) is 5.10 Å². The van der Waals surface area contributed by atoms with Crippen LogP contribution in [0.25, 0.3) is 0 Å². The van der Waals surface area contributed by atoms with Crippen LogP contribution in [0.15, 0.2) is 43.0 Å². The first-order valence-corrected chi connectivity index (χ1v) is 5.76. The normalized spacial score (nSPS) is 12.3. The molecular formula is C13H15N3O2. The molecule has 0 saturated heterocycles. The van der Waals surface area contributed by atoms with Crippen molar-refractivity contribution in [1.29, 1.82) is 0 Å². The first kappa shape index (κ1) is 12.4. The number of aromatic nitrogens is 3. The number of hydrogen-bond acceptors (Lipinski definition) is 4. The lowest BCUT2D eigenvalue weighted by atomic mass is 10.2. The standard InChI is InChI=1S/C13H15N3O2/c1-11(13(17)7-16-10-14-9-15-16)18-8-12-5-3-2-4-6-12/h2-6,9-11H,7-8H2,1H3/t11-/m0/s1. The molecule has 5 heteroatoms. The summed E-state index contributed by atoms with van der Waals surface area (Å²) in [5, 5.41) is 3.89. The van der Waals surface area contributed by atoms with Gasteiger partial charge in [-0.25, -0.2) is 9.67 Å². The van der Waals surface area contributed by atoms with Crippen LogP contribution in [0.5, 0.6) is 0 Å². The van der Waals surface area contributed by atoms with E-state index in [2.05, 4.69) is 10.1 Å². The molecule has 1 aromatic heterocycles. The molecule has 5 nitrogen and oxygen atoms in total. The third-order valence-corrected chi connectivity index (χ3v) is 2.58. The van der Waals surface area contributed by atoms with E-state index in [0.717, 1.165) is 5.56 Å². The van der Waals surface area contributed by atoms with Crippen LogP contribution < -0.4 is 0 Å². The van der Waals surface area contributed by atoms with Gasteiger partial charge in [-0.3, -0.25) is 4.79 Å². The molecule has 0 spiro atoms. The van der Waals surface area contributed by atoms with Gasteiger partial charge in [0.05, 0.1) is 6.61 Å². The van der Waals surface area contributed by atoms with E-state index < -0.39 is 6.10 Å². The van der Waals surface area contributed by atoms with Crippen molar-refractivity contribution in [3.05, 3.63) is 48.5 Å². The predicted octanol–water partition coefficient (Wildman–Crippen LogP) is 1.45. The zero-order valence-corrected chi connectivity index (χ0v) is 10.2. The van der Waals surface area contributed by atoms with Crippen molar-refractivity contribution >= 4 is 5.78 Å². The van der Waals surface area contributed by atoms with Gasteiger partial charge in [0.25, 0.3) is 0 Å². The summed E-state index contributed by atoms with van der Waals surface area (Å²) in [5.74, 6) is -0.0172. The summed E-state index contributed by atoms with van der Waals surface area (Å²) >= 11 is 0. The fraction of sp³-hybridized carbons (Fsp3) is 0.308. The summed E-state index contributed by atoms with van der Waals surface area (Å²) < 4.78 is 7.02. The Labute approximate surface area is 105 Å². The lowest BCUT2D eigenvalue weighted by molar-refractivity contribution is -0.131. The number of benzene rings is 1. The zero-order chi connectivity index (χ0) is 12.8. The maximum atomic E-state index is 11.8. The highest BCUT2D eigenvalue weighted by Gasteiger charge is 2.14. The lowest BCUT2D eigenvalue weighted by Gasteiger charge is -2.11. The van der Waals surface area contributed by atoms with Crippen molar-refractivity contribution in [3.63, 3.8) is 0 Å². The van der Waals surface area contributed by atoms with Gasteiger partial charge in [-0.1, -0.05) is 30.3 Å². The summed E-state index contributed by atoms with van der Waals surface area (Å²) in [6.07, 6.45) is 2.47. The van der Waals surface area contributed by atoms with Crippen LogP contribution in [0.4, 0.5) is 0 Å². The van der Waals surface area contributed by atoms with Crippen LogP contribution in [-0.2, 0) is 22.7 Å². The van der Waals surface area contributed by atoms with E-state index in [9.17, 15) is 4.79 Å². The summed E-state index contributed by atoms with van der Waals surface area (Å²) in [6.45, 7) is 2.38. The Bertz CT molecular complexity index is 482. The van der Waals surface area contributed by atoms with E-state index in [1.165, 1.54) is 17.3 Å². The summed E-state index contributed by atoms with van der Waals surface area (Å²) in [5.41, 5.74) is 1.05. The minimum Gasteiger partial charge on any atom is -0.366 e. The smallest absolute Gasteiger partial charge is 0.182 e. The predicted molar refractivity (Wildman–Crippen MR) is 65.7 cm³/mol. The van der Waals surface area contributed by atoms with E-state index in [-0.39, 0.29) is 12.3 Å². The van der Waals surface area contributed by atoms with Crippen LogP contribution in [0.1, 0.15) is 12.5 Å². The monoisotopic (exact) mass is 245 g/mol. The molecule has 18 heavy (non-hydrogen) atoms. The van der Waals surface area contributed by atoms with Crippen molar-refractivity contribution in [2.45, 2.75) is 26.2 Å². The number of nitrogens with zero attached hydrogens (tertiary/aromatic N) is 3. The molecule has 0 radical (unpaired) electrons. The lowest BCUT2D eigenvalue weighted by Crippen LogP contribution is -2.25. The number of carbonyl (C=O) groups excluding carboxylic acids is 1. The summed E-state index contributed by atoms with van der Waals surface area (Å²) in [7, 11) is 0. The number of ketones is 1. The molecule has 0 aliphatic heterocycles. The number of carbonyl (C=O) groups is 1. The van der Waals surface area contributed by atoms with Crippen molar-refractivity contribution in [3.8, 4) is 0 Å². The maximum Gasteiger partial charge on any atom is 0.182 e. The van der Waals surface area contributed by atoms with Gasteiger partial charge >= 0.3 is 0 Å². The van der Waals surface area contributed by atoms with Crippen LogP contribution in [0, 0.1) is 0 Å². The van der Waals surface area contributed by atoms with Gasteiger partial charge in [-0.05, 0) is 12.5 Å². The van der Waals surface area contributed by atoms with E-state index in [1.54, 1.807) is 6.92 Å². The number of rotatable bonds is 6. The van der Waals surface area contributed by atoms with Crippen molar-refractivity contribution in [1.82, 2.24) is 14.8 Å². The van der Waals surface area contributed by atoms with E-state index >= 15 is 0 Å². The first-order valence-electron chi connectivity index (χ1n) is 5.76. The molecule has 0 saturated carbocycles. The summed E-state index contributed by atoms with van der Waals surface area (Å²) in [4.78, 5) is 15.6. The topological polar surface area (TPSA) is 57.0 Å². The van der Waals surface area contributed by atoms with Gasteiger partial charge in [0.1, 0.15) is 25.3 Å². The van der Waals surface area contributed by atoms with Crippen molar-refractivity contribution in [2.75, 3.05) is 0 Å². The van der Waals surface area contributed by atoms with Crippen molar-refractivity contribution in [2.24, 2.45) is 0 Å². The van der Waals surface area contributed by atoms with E-state index in [1.807, 2.05) is 30.3 Å². The highest BCUT2D eigenvalue weighted by Crippen LogP contribution is 2.04. The molecule has 2 rings (SSSR count). The molecular weight excluding hydrogens is 230 g/mol. The molecule has 0 aliphatic carbocycles. The second-order valence-electron chi connectivity index (χ2n) is 4.00. The minimum atomic E-state index is -0.450. The Morgan fingerprint density at radius 3 is 2.83 bits per heavy atom. The SMILES string of the molecule is C[C@H](OCc1ccccc1)C(=O)Cn1cncn1. The van der Waals surface area contributed by atoms with Crippen LogP contribution in [-0.4, -0.2) is 26.7 Å². The summed E-state index contributed by atoms with van der Waals surface area (Å²) in [6, 6.07) is 9.77. The molecule has 0 unspecified atom stereocenters. The fourth-order valence-electron chi connectivity index (χ4n) is 1.49. The largest absolute Gasteiger partial charge is 0.366 e. The zero-order valence-electron chi connectivity index (χ0n) is 10.2. The number of hydrogen-bond donors (Lipinski definition) is 0. The Morgan fingerprint density at radius 2 is 2.17 bits per heavy atom. The highest BCUT2D eigenvalue weighted by atomic mass is 16.5. The van der Waals surface area contributed by atoms with Crippen LogP contribution >= 0.6 is 0 Å². The second kappa shape index (κ2) is 6.07. The van der Waals surface area contributed by atoms with Gasteiger partial charge in [0, 0.05) is 0 Å². The Hall–Kier alpha value is -2.01. The molecule has 94 valence electrons. The van der Waals surface area contributed by atoms with Crippen molar-refractivity contribution < 1.29 is 9.53 Å². The average Bonchev–Trinajstić information content (AvgIpc) is 2.90. The van der Waals surface area contributed by atoms with Gasteiger partial charge < -0.3 is 4.74 Å².